The fourth-order valence-electron chi connectivity index (χ4n) is 2.54. The Morgan fingerprint density at radius 2 is 2.04 bits per heavy atom. The average Bonchev–Trinajstić information content (AvgIpc) is 2.55. The Kier molecular flexibility index (Phi) is 5.75. The third kappa shape index (κ3) is 4.32. The van der Waals surface area contributed by atoms with Gasteiger partial charge < -0.3 is 15.5 Å². The number of nitrogens with zero attached hydrogens (tertiary/aromatic N) is 1. The number of carbonyl (C=O) groups is 2. The van der Waals surface area contributed by atoms with E-state index in [-0.39, 0.29) is 6.03 Å². The molecule has 0 aromatic heterocycles. The van der Waals surface area contributed by atoms with Crippen LogP contribution in [-0.4, -0.2) is 37.7 Å². The molecule has 0 radical (unpaired) electrons. The summed E-state index contributed by atoms with van der Waals surface area (Å²) in [5.41, 5.74) is 3.72. The lowest BCUT2D eigenvalue weighted by molar-refractivity contribution is 0.0953. The van der Waals surface area contributed by atoms with E-state index in [0.717, 1.165) is 0 Å². The molecule has 0 aliphatic carbocycles. The minimum atomic E-state index is -0.804. The van der Waals surface area contributed by atoms with E-state index in [9.17, 15) is 14.0 Å². The Labute approximate surface area is 134 Å². The zero-order valence-corrected chi connectivity index (χ0v) is 13.1. The normalized spacial score (nSPS) is 15.2. The van der Waals surface area contributed by atoms with Gasteiger partial charge in [0.15, 0.2) is 0 Å². The van der Waals surface area contributed by atoms with Crippen LogP contribution in [-0.2, 0) is 0 Å². The molecule has 23 heavy (non-hydrogen) atoms. The summed E-state index contributed by atoms with van der Waals surface area (Å²) in [4.78, 5) is 25.5. The van der Waals surface area contributed by atoms with Gasteiger partial charge in [-0.05, 0) is 38.0 Å². The van der Waals surface area contributed by atoms with Crippen molar-refractivity contribution in [3.63, 3.8) is 0 Å². The molecule has 7 nitrogen and oxygen atoms in total. The van der Waals surface area contributed by atoms with E-state index in [0.29, 0.717) is 49.4 Å². The molecule has 1 aliphatic heterocycles. The van der Waals surface area contributed by atoms with Gasteiger partial charge in [-0.25, -0.2) is 15.0 Å². The van der Waals surface area contributed by atoms with Crippen LogP contribution in [0.2, 0.25) is 0 Å². The van der Waals surface area contributed by atoms with Crippen LogP contribution in [0.15, 0.2) is 18.2 Å². The van der Waals surface area contributed by atoms with Crippen molar-refractivity contribution in [1.82, 2.24) is 10.7 Å². The molecule has 1 aromatic rings. The molecule has 1 aromatic carbocycles. The maximum absolute atomic E-state index is 13.4. The summed E-state index contributed by atoms with van der Waals surface area (Å²) in [5, 5.41) is 5.41. The predicted molar refractivity (Wildman–Crippen MR) is 87.1 cm³/mol. The molecule has 0 unspecified atom stereocenters. The van der Waals surface area contributed by atoms with Gasteiger partial charge in [-0.15, -0.1) is 0 Å². The van der Waals surface area contributed by atoms with Gasteiger partial charge in [0, 0.05) is 25.2 Å². The number of hydrogen-bond acceptors (Lipinski definition) is 4. The molecule has 5 N–H and O–H groups in total. The lowest BCUT2D eigenvalue weighted by Gasteiger charge is -2.32. The van der Waals surface area contributed by atoms with Crippen LogP contribution >= 0.6 is 0 Å². The second-order valence-corrected chi connectivity index (χ2v) is 5.35. The van der Waals surface area contributed by atoms with Crippen LogP contribution in [0.25, 0.3) is 0 Å². The summed E-state index contributed by atoms with van der Waals surface area (Å²) in [6.45, 7) is 3.38. The molecule has 1 saturated heterocycles. The van der Waals surface area contributed by atoms with Gasteiger partial charge >= 0.3 is 6.03 Å². The van der Waals surface area contributed by atoms with Crippen LogP contribution < -0.4 is 26.8 Å². The van der Waals surface area contributed by atoms with Crippen LogP contribution in [0, 0.1) is 0 Å². The van der Waals surface area contributed by atoms with Gasteiger partial charge in [0.05, 0.1) is 11.4 Å². The number of halogens is 1. The van der Waals surface area contributed by atoms with Crippen molar-refractivity contribution in [1.29, 1.82) is 0 Å². The number of nitrogen functional groups attached to an aromatic ring is 1. The summed E-state index contributed by atoms with van der Waals surface area (Å²) in [6, 6.07) is 4.55. The van der Waals surface area contributed by atoms with Crippen LogP contribution in [0.3, 0.4) is 0 Å². The van der Waals surface area contributed by atoms with E-state index in [2.05, 4.69) is 16.1 Å². The summed E-state index contributed by atoms with van der Waals surface area (Å²) >= 11 is 0. The number of rotatable bonds is 4. The van der Waals surface area contributed by atoms with Crippen LogP contribution in [0.5, 0.6) is 0 Å². The predicted octanol–water partition coefficient (Wildman–Crippen LogP) is 1.37. The number of carbonyl (C=O) groups excluding carboxylic acids is 2. The molecular weight excluding hydrogens is 301 g/mol. The molecular formula is C15H22FN5O2. The lowest BCUT2D eigenvalue weighted by atomic mass is 10.1. The number of alkyl halides is 1. The van der Waals surface area contributed by atoms with E-state index in [1.54, 1.807) is 18.2 Å². The van der Waals surface area contributed by atoms with E-state index in [1.165, 1.54) is 0 Å². The van der Waals surface area contributed by atoms with Crippen molar-refractivity contribution in [3.8, 4) is 0 Å². The van der Waals surface area contributed by atoms with E-state index in [1.807, 2.05) is 11.8 Å². The Morgan fingerprint density at radius 3 is 2.65 bits per heavy atom. The lowest BCUT2D eigenvalue weighted by Crippen LogP contribution is -2.36. The van der Waals surface area contributed by atoms with Gasteiger partial charge in [-0.1, -0.05) is 0 Å². The number of amides is 3. The van der Waals surface area contributed by atoms with Crippen molar-refractivity contribution >= 4 is 23.3 Å². The smallest absolute Gasteiger partial charge is 0.319 e. The van der Waals surface area contributed by atoms with Gasteiger partial charge in [0.25, 0.3) is 5.91 Å². The van der Waals surface area contributed by atoms with Gasteiger partial charge in [-0.2, -0.15) is 0 Å². The van der Waals surface area contributed by atoms with Gasteiger partial charge in [0.1, 0.15) is 6.17 Å². The van der Waals surface area contributed by atoms with E-state index in [4.69, 9.17) is 5.84 Å². The molecule has 0 atom stereocenters. The molecule has 0 bridgehead atoms. The molecule has 1 fully saturated rings. The fraction of sp³-hybridized carbons (Fsp3) is 0.467. The number of benzene rings is 1. The Morgan fingerprint density at radius 1 is 1.35 bits per heavy atom. The van der Waals surface area contributed by atoms with E-state index < -0.39 is 12.1 Å². The van der Waals surface area contributed by atoms with Crippen molar-refractivity contribution < 1.29 is 14.0 Å². The summed E-state index contributed by atoms with van der Waals surface area (Å²) in [5.74, 6) is 4.75. The van der Waals surface area contributed by atoms with Crippen LogP contribution in [0.1, 0.15) is 30.1 Å². The number of nitrogens with two attached hydrogens (primary N) is 1. The minimum absolute atomic E-state index is 0.329. The molecule has 0 spiro atoms. The topological polar surface area (TPSA) is 99.5 Å². The SMILES string of the molecule is CCNC(=O)Nc1ccc(C(=O)NN)cc1N1CCC(F)CC1. The van der Waals surface area contributed by atoms with Crippen molar-refractivity contribution in [3.05, 3.63) is 23.8 Å². The first kappa shape index (κ1) is 17.0. The van der Waals surface area contributed by atoms with Gasteiger partial charge in [0.2, 0.25) is 0 Å². The second kappa shape index (κ2) is 7.77. The number of hydrogen-bond donors (Lipinski definition) is 4. The van der Waals surface area contributed by atoms with Crippen molar-refractivity contribution in [2.75, 3.05) is 29.9 Å². The number of urea groups is 1. The molecule has 0 saturated carbocycles. The third-order valence-corrected chi connectivity index (χ3v) is 3.74. The molecule has 2 rings (SSSR count). The maximum Gasteiger partial charge on any atom is 0.319 e. The Balaban J connectivity index is 2.29. The second-order valence-electron chi connectivity index (χ2n) is 5.35. The highest BCUT2D eigenvalue weighted by molar-refractivity contribution is 5.98. The van der Waals surface area contributed by atoms with Gasteiger partial charge in [-0.3, -0.25) is 10.2 Å². The molecule has 8 heteroatoms. The summed E-state index contributed by atoms with van der Waals surface area (Å²) in [7, 11) is 0. The number of nitrogens with one attached hydrogen (secondary N) is 3. The zero-order valence-electron chi connectivity index (χ0n) is 13.1. The summed E-state index contributed by atoms with van der Waals surface area (Å²) < 4.78 is 13.4. The zero-order chi connectivity index (χ0) is 16.8. The van der Waals surface area contributed by atoms with Crippen molar-refractivity contribution in [2.24, 2.45) is 5.84 Å². The molecule has 1 heterocycles. The largest absolute Gasteiger partial charge is 0.370 e. The first-order valence-electron chi connectivity index (χ1n) is 7.64. The minimum Gasteiger partial charge on any atom is -0.370 e. The highest BCUT2D eigenvalue weighted by Gasteiger charge is 2.22. The monoisotopic (exact) mass is 323 g/mol. The standard InChI is InChI=1S/C15H22FN5O2/c1-2-18-15(23)19-12-4-3-10(14(22)20-17)9-13(12)21-7-5-11(16)6-8-21/h3-4,9,11H,2,5-8,17H2,1H3,(H,20,22)(H2,18,19,23). The highest BCUT2D eigenvalue weighted by atomic mass is 19.1. The number of piperidine rings is 1. The Hall–Kier alpha value is -2.35. The fourth-order valence-corrected chi connectivity index (χ4v) is 2.54. The van der Waals surface area contributed by atoms with Crippen LogP contribution in [0.4, 0.5) is 20.6 Å². The molecule has 1 aliphatic rings. The maximum atomic E-state index is 13.4. The quantitative estimate of drug-likeness (QED) is 0.382. The number of anilines is 2. The first-order chi connectivity index (χ1) is 11.0. The molecule has 3 amide bonds. The van der Waals surface area contributed by atoms with Crippen molar-refractivity contribution in [2.45, 2.75) is 25.9 Å². The molecule has 126 valence electrons. The average molecular weight is 323 g/mol. The highest BCUT2D eigenvalue weighted by Crippen LogP contribution is 2.30. The summed E-state index contributed by atoms with van der Waals surface area (Å²) in [6.07, 6.45) is 0.0449. The van der Waals surface area contributed by atoms with E-state index >= 15 is 0 Å². The number of hydrazine groups is 1. The third-order valence-electron chi connectivity index (χ3n) is 3.74. The Bertz CT molecular complexity index is 573. The first-order valence-corrected chi connectivity index (χ1v) is 7.64.